The van der Waals surface area contributed by atoms with Gasteiger partial charge in [-0.1, -0.05) is 0 Å². The maximum Gasteiger partial charge on any atom is 0.330 e. The van der Waals surface area contributed by atoms with Crippen molar-refractivity contribution in [1.82, 2.24) is 9.97 Å². The van der Waals surface area contributed by atoms with Crippen LogP contribution in [-0.2, 0) is 4.79 Å². The number of amides is 1. The van der Waals surface area contributed by atoms with Crippen LogP contribution in [0, 0.1) is 16.0 Å². The van der Waals surface area contributed by atoms with Crippen molar-refractivity contribution in [2.45, 2.75) is 6.42 Å². The number of nitro groups is 1. The van der Waals surface area contributed by atoms with E-state index in [2.05, 4.69) is 9.97 Å². The maximum atomic E-state index is 11.8. The zero-order chi connectivity index (χ0) is 13.3. The Hall–Kier alpha value is -1.80. The summed E-state index contributed by atoms with van der Waals surface area (Å²) in [5.74, 6) is -0.338. The van der Waals surface area contributed by atoms with E-state index >= 15 is 0 Å². The van der Waals surface area contributed by atoms with Gasteiger partial charge in [-0.3, -0.25) is 19.8 Å². The molecule has 1 unspecified atom stereocenters. The summed E-state index contributed by atoms with van der Waals surface area (Å²) < 4.78 is 0. The van der Waals surface area contributed by atoms with Gasteiger partial charge in [-0.2, -0.15) is 4.98 Å². The monoisotopic (exact) mass is 271 g/mol. The average molecular weight is 272 g/mol. The van der Waals surface area contributed by atoms with Crippen molar-refractivity contribution in [2.75, 3.05) is 18.0 Å². The molecule has 0 saturated carbocycles. The van der Waals surface area contributed by atoms with Crippen LogP contribution in [0.1, 0.15) is 6.42 Å². The molecule has 8 nitrogen and oxygen atoms in total. The van der Waals surface area contributed by atoms with Crippen LogP contribution in [0.5, 0.6) is 0 Å². The van der Waals surface area contributed by atoms with Crippen LogP contribution in [0.15, 0.2) is 6.20 Å². The zero-order valence-corrected chi connectivity index (χ0v) is 10.0. The number of anilines is 1. The molecule has 1 saturated heterocycles. The summed E-state index contributed by atoms with van der Waals surface area (Å²) >= 11 is 5.61. The fraction of sp³-hybridized carbons (Fsp3) is 0.444. The van der Waals surface area contributed by atoms with Crippen molar-refractivity contribution in [3.63, 3.8) is 0 Å². The van der Waals surface area contributed by atoms with Crippen LogP contribution >= 0.6 is 11.6 Å². The number of aromatic nitrogens is 2. The van der Waals surface area contributed by atoms with Crippen molar-refractivity contribution in [2.24, 2.45) is 11.7 Å². The number of nitrogens with zero attached hydrogens (tertiary/aromatic N) is 4. The SMILES string of the molecule is NCC1CC(=O)N(c2nc(Cl)ncc2[N+](=O)[O-])C1. The average Bonchev–Trinajstić information content (AvgIpc) is 2.70. The molecule has 1 aliphatic rings. The third-order valence-electron chi connectivity index (χ3n) is 2.71. The molecule has 1 fully saturated rings. The molecule has 1 aromatic heterocycles. The molecular formula is C9H10ClN5O3. The number of nitrogens with two attached hydrogens (primary N) is 1. The zero-order valence-electron chi connectivity index (χ0n) is 9.24. The van der Waals surface area contributed by atoms with Crippen LogP contribution in [0.25, 0.3) is 0 Å². The molecule has 1 aromatic rings. The number of carbonyl (C=O) groups is 1. The first-order valence-electron chi connectivity index (χ1n) is 5.20. The molecule has 1 amide bonds. The molecule has 9 heteroatoms. The lowest BCUT2D eigenvalue weighted by Crippen LogP contribution is -2.27. The Balaban J connectivity index is 2.41. The number of hydrogen-bond acceptors (Lipinski definition) is 6. The third-order valence-corrected chi connectivity index (χ3v) is 2.89. The molecule has 2 rings (SSSR count). The van der Waals surface area contributed by atoms with Gasteiger partial charge in [0.15, 0.2) is 0 Å². The maximum absolute atomic E-state index is 11.8. The van der Waals surface area contributed by atoms with E-state index in [4.69, 9.17) is 17.3 Å². The summed E-state index contributed by atoms with van der Waals surface area (Å²) in [6, 6.07) is 0. The highest BCUT2D eigenvalue weighted by Gasteiger charge is 2.35. The summed E-state index contributed by atoms with van der Waals surface area (Å²) in [7, 11) is 0. The minimum Gasteiger partial charge on any atom is -0.330 e. The molecule has 1 aliphatic heterocycles. The first-order valence-corrected chi connectivity index (χ1v) is 5.58. The molecule has 0 aliphatic carbocycles. The van der Waals surface area contributed by atoms with Gasteiger partial charge in [0.25, 0.3) is 0 Å². The van der Waals surface area contributed by atoms with Gasteiger partial charge in [0.1, 0.15) is 6.20 Å². The van der Waals surface area contributed by atoms with E-state index in [9.17, 15) is 14.9 Å². The summed E-state index contributed by atoms with van der Waals surface area (Å²) in [6.07, 6.45) is 1.25. The largest absolute Gasteiger partial charge is 0.330 e. The number of carbonyl (C=O) groups excluding carboxylic acids is 1. The van der Waals surface area contributed by atoms with E-state index in [0.29, 0.717) is 13.1 Å². The van der Waals surface area contributed by atoms with E-state index in [0.717, 1.165) is 6.20 Å². The van der Waals surface area contributed by atoms with E-state index < -0.39 is 4.92 Å². The van der Waals surface area contributed by atoms with Gasteiger partial charge in [-0.15, -0.1) is 0 Å². The topological polar surface area (TPSA) is 115 Å². The predicted octanol–water partition coefficient (Wildman–Crippen LogP) is 0.350. The first kappa shape index (κ1) is 12.7. The van der Waals surface area contributed by atoms with Gasteiger partial charge in [0.05, 0.1) is 4.92 Å². The van der Waals surface area contributed by atoms with Gasteiger partial charge in [0.2, 0.25) is 17.0 Å². The molecule has 18 heavy (non-hydrogen) atoms. The van der Waals surface area contributed by atoms with Gasteiger partial charge >= 0.3 is 5.69 Å². The quantitative estimate of drug-likeness (QED) is 0.482. The second kappa shape index (κ2) is 4.83. The van der Waals surface area contributed by atoms with Gasteiger partial charge in [0, 0.05) is 13.0 Å². The highest BCUT2D eigenvalue weighted by molar-refractivity contribution is 6.28. The Morgan fingerprint density at radius 3 is 2.94 bits per heavy atom. The lowest BCUT2D eigenvalue weighted by molar-refractivity contribution is -0.384. The van der Waals surface area contributed by atoms with Gasteiger partial charge in [-0.25, -0.2) is 4.98 Å². The smallest absolute Gasteiger partial charge is 0.330 e. The second-order valence-corrected chi connectivity index (χ2v) is 4.25. The van der Waals surface area contributed by atoms with Gasteiger partial charge in [-0.05, 0) is 24.1 Å². The minimum atomic E-state index is -0.644. The Morgan fingerprint density at radius 2 is 2.39 bits per heavy atom. The normalized spacial score (nSPS) is 19.3. The lowest BCUT2D eigenvalue weighted by Gasteiger charge is -2.14. The predicted molar refractivity (Wildman–Crippen MR) is 63.2 cm³/mol. The molecule has 0 radical (unpaired) electrons. The molecule has 1 atom stereocenters. The summed E-state index contributed by atoms with van der Waals surface area (Å²) in [6.45, 7) is 0.651. The number of halogens is 1. The van der Waals surface area contributed by atoms with Crippen LogP contribution < -0.4 is 10.6 Å². The van der Waals surface area contributed by atoms with Crippen LogP contribution in [0.4, 0.5) is 11.5 Å². The molecule has 96 valence electrons. The summed E-state index contributed by atoms with van der Waals surface area (Å²) in [5.41, 5.74) is 5.15. The van der Waals surface area contributed by atoms with E-state index in [1.54, 1.807) is 0 Å². The van der Waals surface area contributed by atoms with Crippen LogP contribution in [0.2, 0.25) is 5.28 Å². The highest BCUT2D eigenvalue weighted by Crippen LogP contribution is 2.30. The minimum absolute atomic E-state index is 0.0224. The lowest BCUT2D eigenvalue weighted by atomic mass is 10.1. The van der Waals surface area contributed by atoms with Gasteiger partial charge < -0.3 is 5.73 Å². The van der Waals surface area contributed by atoms with Crippen molar-refractivity contribution >= 4 is 29.0 Å². The molecule has 0 aromatic carbocycles. The van der Waals surface area contributed by atoms with Crippen molar-refractivity contribution < 1.29 is 9.72 Å². The van der Waals surface area contributed by atoms with Crippen LogP contribution in [0.3, 0.4) is 0 Å². The van der Waals surface area contributed by atoms with Crippen molar-refractivity contribution in [3.8, 4) is 0 Å². The fourth-order valence-electron chi connectivity index (χ4n) is 1.82. The molecule has 0 bridgehead atoms. The standard InChI is InChI=1S/C9H10ClN5O3/c10-9-12-3-6(15(17)18)8(13-9)14-4-5(2-11)1-7(14)16/h3,5H,1-2,4,11H2. The van der Waals surface area contributed by atoms with Crippen molar-refractivity contribution in [1.29, 1.82) is 0 Å². The van der Waals surface area contributed by atoms with E-state index in [-0.39, 0.29) is 35.0 Å². The number of hydrogen-bond donors (Lipinski definition) is 1. The fourth-order valence-corrected chi connectivity index (χ4v) is 1.95. The van der Waals surface area contributed by atoms with Crippen molar-refractivity contribution in [3.05, 3.63) is 21.6 Å². The Labute approximate surface area is 107 Å². The highest BCUT2D eigenvalue weighted by atomic mass is 35.5. The molecule has 2 heterocycles. The van der Waals surface area contributed by atoms with E-state index in [1.807, 2.05) is 0 Å². The molecule has 2 N–H and O–H groups in total. The van der Waals surface area contributed by atoms with Crippen LogP contribution in [-0.4, -0.2) is 33.9 Å². The molecule has 0 spiro atoms. The molecular weight excluding hydrogens is 262 g/mol. The summed E-state index contributed by atoms with van der Waals surface area (Å²) in [4.78, 5) is 30.6. The first-order chi connectivity index (χ1) is 8.52. The number of rotatable bonds is 3. The third kappa shape index (κ3) is 2.24. The second-order valence-electron chi connectivity index (χ2n) is 3.92. The Morgan fingerprint density at radius 1 is 1.67 bits per heavy atom. The summed E-state index contributed by atoms with van der Waals surface area (Å²) in [5, 5.41) is 10.7. The van der Waals surface area contributed by atoms with E-state index in [1.165, 1.54) is 4.90 Å². The Kier molecular flexibility index (Phi) is 3.39. The Bertz CT molecular complexity index is 509.